The summed E-state index contributed by atoms with van der Waals surface area (Å²) >= 11 is 0. The van der Waals surface area contributed by atoms with Crippen LogP contribution in [0.5, 0.6) is 0 Å². The Labute approximate surface area is 87.2 Å². The summed E-state index contributed by atoms with van der Waals surface area (Å²) in [4.78, 5) is 12.2. The van der Waals surface area contributed by atoms with Crippen molar-refractivity contribution < 1.29 is 4.79 Å². The maximum absolute atomic E-state index is 12.2. The van der Waals surface area contributed by atoms with E-state index >= 15 is 0 Å². The zero-order chi connectivity index (χ0) is 10.6. The third-order valence-electron chi connectivity index (χ3n) is 3.64. The summed E-state index contributed by atoms with van der Waals surface area (Å²) in [7, 11) is 0. The quantitative estimate of drug-likeness (QED) is 0.736. The first-order valence-electron chi connectivity index (χ1n) is 5.90. The number of Topliss-reactive ketones (excluding diaryl/α,β-unsaturated/α-hetero) is 1. The summed E-state index contributed by atoms with van der Waals surface area (Å²) in [6, 6.07) is 0. The molecule has 2 nitrogen and oxygen atoms in total. The summed E-state index contributed by atoms with van der Waals surface area (Å²) in [5.74, 6) is 0.640. The smallest absolute Gasteiger partial charge is 0.143 e. The Morgan fingerprint density at radius 1 is 1.43 bits per heavy atom. The van der Waals surface area contributed by atoms with Gasteiger partial charge in [-0.3, -0.25) is 4.79 Å². The van der Waals surface area contributed by atoms with Crippen LogP contribution in [0.4, 0.5) is 0 Å². The zero-order valence-electron chi connectivity index (χ0n) is 9.51. The molecule has 0 aliphatic heterocycles. The van der Waals surface area contributed by atoms with E-state index in [0.717, 1.165) is 25.7 Å². The Morgan fingerprint density at radius 3 is 2.43 bits per heavy atom. The monoisotopic (exact) mass is 197 g/mol. The van der Waals surface area contributed by atoms with Crippen molar-refractivity contribution in [1.29, 1.82) is 0 Å². The van der Waals surface area contributed by atoms with Crippen LogP contribution in [0.25, 0.3) is 0 Å². The number of carbonyl (C=O) groups is 1. The van der Waals surface area contributed by atoms with Gasteiger partial charge in [-0.25, -0.2) is 0 Å². The minimum Gasteiger partial charge on any atom is -0.329 e. The Balaban J connectivity index is 2.64. The van der Waals surface area contributed by atoms with Crippen molar-refractivity contribution >= 4 is 5.78 Å². The molecule has 0 bridgehead atoms. The molecule has 0 saturated heterocycles. The molecule has 0 aromatic carbocycles. The first kappa shape index (κ1) is 11.7. The Morgan fingerprint density at radius 2 is 2.00 bits per heavy atom. The lowest BCUT2D eigenvalue weighted by molar-refractivity contribution is -0.131. The molecule has 1 fully saturated rings. The lowest BCUT2D eigenvalue weighted by Gasteiger charge is -2.28. The van der Waals surface area contributed by atoms with Crippen LogP contribution in [-0.2, 0) is 4.79 Å². The van der Waals surface area contributed by atoms with Gasteiger partial charge in [0.25, 0.3) is 0 Å². The molecule has 1 aliphatic carbocycles. The molecule has 1 atom stereocenters. The lowest BCUT2D eigenvalue weighted by Crippen LogP contribution is -2.39. The number of ketones is 1. The van der Waals surface area contributed by atoms with Crippen molar-refractivity contribution in [1.82, 2.24) is 0 Å². The van der Waals surface area contributed by atoms with Gasteiger partial charge in [0.15, 0.2) is 0 Å². The average molecular weight is 197 g/mol. The van der Waals surface area contributed by atoms with Gasteiger partial charge in [-0.2, -0.15) is 0 Å². The number of hydrogen-bond acceptors (Lipinski definition) is 2. The lowest BCUT2D eigenvalue weighted by atomic mass is 9.76. The Kier molecular flexibility index (Phi) is 4.11. The maximum Gasteiger partial charge on any atom is 0.143 e. The molecule has 1 saturated carbocycles. The fourth-order valence-corrected chi connectivity index (χ4v) is 2.69. The van der Waals surface area contributed by atoms with Gasteiger partial charge in [-0.15, -0.1) is 0 Å². The van der Waals surface area contributed by atoms with Gasteiger partial charge in [-0.1, -0.05) is 33.1 Å². The van der Waals surface area contributed by atoms with Crippen LogP contribution in [0.3, 0.4) is 0 Å². The van der Waals surface area contributed by atoms with Crippen molar-refractivity contribution in [2.24, 2.45) is 17.1 Å². The van der Waals surface area contributed by atoms with E-state index in [1.165, 1.54) is 12.8 Å². The van der Waals surface area contributed by atoms with Crippen molar-refractivity contribution in [3.05, 3.63) is 0 Å². The second-order valence-corrected chi connectivity index (χ2v) is 4.75. The van der Waals surface area contributed by atoms with E-state index in [1.807, 2.05) is 0 Å². The number of hydrogen-bond donors (Lipinski definition) is 1. The molecule has 82 valence electrons. The Bertz CT molecular complexity index is 194. The van der Waals surface area contributed by atoms with Crippen molar-refractivity contribution in [3.63, 3.8) is 0 Å². The van der Waals surface area contributed by atoms with Crippen LogP contribution in [0.2, 0.25) is 0 Å². The van der Waals surface area contributed by atoms with E-state index < -0.39 is 0 Å². The molecule has 0 aromatic heterocycles. The molecule has 0 radical (unpaired) electrons. The van der Waals surface area contributed by atoms with Crippen LogP contribution in [0.1, 0.15) is 52.4 Å². The van der Waals surface area contributed by atoms with Gasteiger partial charge in [-0.05, 0) is 19.3 Å². The van der Waals surface area contributed by atoms with E-state index in [9.17, 15) is 4.79 Å². The molecular formula is C12H23NO. The van der Waals surface area contributed by atoms with Gasteiger partial charge >= 0.3 is 0 Å². The minimum atomic E-state index is -0.144. The third-order valence-corrected chi connectivity index (χ3v) is 3.64. The fraction of sp³-hybridized carbons (Fsp3) is 0.917. The van der Waals surface area contributed by atoms with Gasteiger partial charge in [0.1, 0.15) is 5.78 Å². The predicted octanol–water partition coefficient (Wildman–Crippen LogP) is 2.51. The summed E-state index contributed by atoms with van der Waals surface area (Å²) in [5.41, 5.74) is 5.64. The van der Waals surface area contributed by atoms with Crippen molar-refractivity contribution in [2.45, 2.75) is 52.4 Å². The summed E-state index contributed by atoms with van der Waals surface area (Å²) < 4.78 is 0. The van der Waals surface area contributed by atoms with Crippen LogP contribution in [0, 0.1) is 11.3 Å². The number of rotatable bonds is 5. The molecule has 2 N–H and O–H groups in total. The van der Waals surface area contributed by atoms with Crippen LogP contribution in [0.15, 0.2) is 0 Å². The highest BCUT2D eigenvalue weighted by molar-refractivity contribution is 5.87. The van der Waals surface area contributed by atoms with E-state index in [1.54, 1.807) is 0 Å². The summed E-state index contributed by atoms with van der Waals surface area (Å²) in [5, 5.41) is 0. The molecule has 14 heavy (non-hydrogen) atoms. The van der Waals surface area contributed by atoms with Crippen molar-refractivity contribution in [3.8, 4) is 0 Å². The second kappa shape index (κ2) is 4.92. The topological polar surface area (TPSA) is 43.1 Å². The highest BCUT2D eigenvalue weighted by Gasteiger charge is 2.41. The zero-order valence-corrected chi connectivity index (χ0v) is 9.51. The molecule has 0 amide bonds. The molecule has 0 heterocycles. The standard InChI is InChI=1S/C12H23NO/c1-3-6-10(2)11(14)12(9-13)7-4-5-8-12/h10H,3-9,13H2,1-2H3. The Hall–Kier alpha value is -0.370. The van der Waals surface area contributed by atoms with Gasteiger partial charge in [0.2, 0.25) is 0 Å². The predicted molar refractivity (Wildman–Crippen MR) is 59.0 cm³/mol. The highest BCUT2D eigenvalue weighted by atomic mass is 16.1. The molecule has 0 aromatic rings. The fourth-order valence-electron chi connectivity index (χ4n) is 2.69. The molecule has 1 aliphatic rings. The van der Waals surface area contributed by atoms with Gasteiger partial charge in [0, 0.05) is 17.9 Å². The van der Waals surface area contributed by atoms with E-state index in [-0.39, 0.29) is 11.3 Å². The van der Waals surface area contributed by atoms with E-state index in [0.29, 0.717) is 12.3 Å². The van der Waals surface area contributed by atoms with Crippen molar-refractivity contribution in [2.75, 3.05) is 6.54 Å². The summed E-state index contributed by atoms with van der Waals surface area (Å²) in [6.07, 6.45) is 6.52. The van der Waals surface area contributed by atoms with Crippen LogP contribution < -0.4 is 5.73 Å². The number of nitrogens with two attached hydrogens (primary N) is 1. The van der Waals surface area contributed by atoms with Gasteiger partial charge < -0.3 is 5.73 Å². The highest BCUT2D eigenvalue weighted by Crippen LogP contribution is 2.40. The first-order chi connectivity index (χ1) is 6.66. The molecule has 0 spiro atoms. The molecule has 1 unspecified atom stereocenters. The molecular weight excluding hydrogens is 174 g/mol. The number of carbonyl (C=O) groups excluding carboxylic acids is 1. The molecule has 1 rings (SSSR count). The maximum atomic E-state index is 12.2. The van der Waals surface area contributed by atoms with Gasteiger partial charge in [0.05, 0.1) is 0 Å². The van der Waals surface area contributed by atoms with E-state index in [2.05, 4.69) is 13.8 Å². The third kappa shape index (κ3) is 2.17. The van der Waals surface area contributed by atoms with Crippen LogP contribution >= 0.6 is 0 Å². The van der Waals surface area contributed by atoms with E-state index in [4.69, 9.17) is 5.73 Å². The first-order valence-corrected chi connectivity index (χ1v) is 5.90. The van der Waals surface area contributed by atoms with Crippen LogP contribution in [-0.4, -0.2) is 12.3 Å². The molecule has 2 heteroatoms. The largest absolute Gasteiger partial charge is 0.329 e. The summed E-state index contributed by atoms with van der Waals surface area (Å²) in [6.45, 7) is 4.75. The average Bonchev–Trinajstić information content (AvgIpc) is 2.66. The normalized spacial score (nSPS) is 22.2. The second-order valence-electron chi connectivity index (χ2n) is 4.75. The SMILES string of the molecule is CCCC(C)C(=O)C1(CN)CCCC1. The minimum absolute atomic E-state index is 0.144.